The van der Waals surface area contributed by atoms with E-state index in [-0.39, 0.29) is 12.5 Å². The fourth-order valence-electron chi connectivity index (χ4n) is 3.66. The van der Waals surface area contributed by atoms with Crippen molar-refractivity contribution in [3.05, 3.63) is 65.0 Å². The fourth-order valence-corrected chi connectivity index (χ4v) is 3.66. The quantitative estimate of drug-likeness (QED) is 0.578. The summed E-state index contributed by atoms with van der Waals surface area (Å²) in [7, 11) is 1.86. The van der Waals surface area contributed by atoms with Crippen LogP contribution in [0, 0.1) is 11.8 Å². The van der Waals surface area contributed by atoms with Gasteiger partial charge in [0.2, 0.25) is 5.95 Å². The Labute approximate surface area is 192 Å². The van der Waals surface area contributed by atoms with Crippen molar-refractivity contribution in [3.8, 4) is 23.2 Å². The lowest BCUT2D eigenvalue weighted by molar-refractivity contribution is 0.0232. The summed E-state index contributed by atoms with van der Waals surface area (Å²) in [6.45, 7) is 5.54. The van der Waals surface area contributed by atoms with Gasteiger partial charge in [0.05, 0.1) is 16.8 Å². The molecule has 2 N–H and O–H groups in total. The molecule has 8 nitrogen and oxygen atoms in total. The lowest BCUT2D eigenvalue weighted by Gasteiger charge is -2.28. The molecule has 33 heavy (non-hydrogen) atoms. The SMILES string of the molecule is Cn1c(-c2nc(N)ncc2C#Cc2ccccc2)cc2c1CCN(C(=O)OC(C)(C)C)C2=O. The van der Waals surface area contributed by atoms with Crippen LogP contribution in [0.5, 0.6) is 0 Å². The number of imide groups is 1. The minimum absolute atomic E-state index is 0.108. The van der Waals surface area contributed by atoms with E-state index in [4.69, 9.17) is 10.5 Å². The molecule has 1 aromatic carbocycles. The lowest BCUT2D eigenvalue weighted by Crippen LogP contribution is -2.44. The third-order valence-corrected chi connectivity index (χ3v) is 5.19. The summed E-state index contributed by atoms with van der Waals surface area (Å²) in [5, 5.41) is 0. The molecule has 3 heterocycles. The number of amides is 2. The molecule has 2 aromatic heterocycles. The maximum absolute atomic E-state index is 13.1. The van der Waals surface area contributed by atoms with Crippen molar-refractivity contribution in [1.29, 1.82) is 0 Å². The smallest absolute Gasteiger partial charge is 0.417 e. The second-order valence-corrected chi connectivity index (χ2v) is 8.74. The Hall–Kier alpha value is -4.12. The van der Waals surface area contributed by atoms with Crippen LogP contribution in [0.25, 0.3) is 11.4 Å². The molecule has 1 aliphatic heterocycles. The Balaban J connectivity index is 1.73. The van der Waals surface area contributed by atoms with Crippen molar-refractivity contribution in [1.82, 2.24) is 19.4 Å². The molecule has 1 aliphatic rings. The Bertz CT molecular complexity index is 1290. The van der Waals surface area contributed by atoms with Crippen LogP contribution in [0.3, 0.4) is 0 Å². The van der Waals surface area contributed by atoms with E-state index in [0.717, 1.165) is 16.2 Å². The molecular formula is C25H25N5O3. The first-order chi connectivity index (χ1) is 15.6. The van der Waals surface area contributed by atoms with Gasteiger partial charge in [-0.3, -0.25) is 4.79 Å². The molecule has 0 bridgehead atoms. The number of carbonyl (C=O) groups is 2. The molecule has 0 saturated carbocycles. The van der Waals surface area contributed by atoms with Gasteiger partial charge in [-0.05, 0) is 39.0 Å². The van der Waals surface area contributed by atoms with E-state index in [9.17, 15) is 9.59 Å². The molecule has 2 amide bonds. The van der Waals surface area contributed by atoms with Crippen LogP contribution < -0.4 is 5.73 Å². The molecule has 0 saturated heterocycles. The number of aromatic nitrogens is 3. The normalized spacial score (nSPS) is 13.2. The Kier molecular flexibility index (Phi) is 5.64. The van der Waals surface area contributed by atoms with Crippen LogP contribution in [0.2, 0.25) is 0 Å². The molecular weight excluding hydrogens is 418 g/mol. The van der Waals surface area contributed by atoms with E-state index in [0.29, 0.717) is 28.9 Å². The van der Waals surface area contributed by atoms with Gasteiger partial charge in [0.1, 0.15) is 11.3 Å². The number of hydrogen-bond acceptors (Lipinski definition) is 6. The van der Waals surface area contributed by atoms with E-state index in [1.165, 1.54) is 0 Å². The molecule has 0 fully saturated rings. The van der Waals surface area contributed by atoms with Gasteiger partial charge in [-0.15, -0.1) is 0 Å². The van der Waals surface area contributed by atoms with E-state index in [2.05, 4.69) is 21.8 Å². The van der Waals surface area contributed by atoms with Crippen LogP contribution in [-0.4, -0.2) is 43.6 Å². The molecule has 0 aliphatic carbocycles. The second-order valence-electron chi connectivity index (χ2n) is 8.74. The summed E-state index contributed by atoms with van der Waals surface area (Å²) in [4.78, 5) is 35.3. The first-order valence-corrected chi connectivity index (χ1v) is 10.6. The molecule has 0 atom stereocenters. The number of hydrogen-bond donors (Lipinski definition) is 1. The number of rotatable bonds is 1. The van der Waals surface area contributed by atoms with Crippen molar-refractivity contribution < 1.29 is 14.3 Å². The minimum Gasteiger partial charge on any atom is -0.443 e. The number of nitrogens with two attached hydrogens (primary N) is 1. The standard InChI is InChI=1S/C25H25N5O3/c1-25(2,3)33-24(32)30-13-12-19-18(22(30)31)14-20(29(19)4)21-17(15-27-23(26)28-21)11-10-16-8-6-5-7-9-16/h5-9,14-15H,12-13H2,1-4H3,(H2,26,27,28). The number of fused-ring (bicyclic) bond motifs is 1. The van der Waals surface area contributed by atoms with Gasteiger partial charge >= 0.3 is 6.09 Å². The van der Waals surface area contributed by atoms with Gasteiger partial charge < -0.3 is 15.0 Å². The maximum Gasteiger partial charge on any atom is 0.417 e. The van der Waals surface area contributed by atoms with Gasteiger partial charge in [0.25, 0.3) is 5.91 Å². The summed E-state index contributed by atoms with van der Waals surface area (Å²) in [5.74, 6) is 5.93. The second kappa shape index (κ2) is 8.43. The van der Waals surface area contributed by atoms with Gasteiger partial charge in [-0.2, -0.15) is 0 Å². The molecule has 0 spiro atoms. The summed E-state index contributed by atoms with van der Waals surface area (Å²) in [5.41, 5.74) is 9.07. The van der Waals surface area contributed by atoms with Crippen LogP contribution >= 0.6 is 0 Å². The molecule has 4 rings (SSSR count). The summed E-state index contributed by atoms with van der Waals surface area (Å²) in [6.07, 6.45) is 1.43. The molecule has 8 heteroatoms. The number of benzene rings is 1. The number of nitrogens with zero attached hydrogens (tertiary/aromatic N) is 4. The number of nitrogen functional groups attached to an aromatic ring is 1. The Morgan fingerprint density at radius 1 is 1.18 bits per heavy atom. The highest BCUT2D eigenvalue weighted by molar-refractivity contribution is 6.05. The van der Waals surface area contributed by atoms with Crippen molar-refractivity contribution in [2.45, 2.75) is 32.8 Å². The van der Waals surface area contributed by atoms with Crippen molar-refractivity contribution >= 4 is 17.9 Å². The molecule has 168 valence electrons. The third-order valence-electron chi connectivity index (χ3n) is 5.19. The summed E-state index contributed by atoms with van der Waals surface area (Å²) < 4.78 is 7.30. The van der Waals surface area contributed by atoms with Gasteiger partial charge in [-0.1, -0.05) is 30.0 Å². The van der Waals surface area contributed by atoms with Crippen LogP contribution in [-0.2, 0) is 18.2 Å². The molecule has 0 radical (unpaired) electrons. The van der Waals surface area contributed by atoms with E-state index in [1.54, 1.807) is 33.0 Å². The zero-order valence-electron chi connectivity index (χ0n) is 19.0. The largest absolute Gasteiger partial charge is 0.443 e. The lowest BCUT2D eigenvalue weighted by atomic mass is 10.1. The number of anilines is 1. The Morgan fingerprint density at radius 2 is 1.91 bits per heavy atom. The highest BCUT2D eigenvalue weighted by Gasteiger charge is 2.35. The van der Waals surface area contributed by atoms with Crippen LogP contribution in [0.1, 0.15) is 48.0 Å². The van der Waals surface area contributed by atoms with Gasteiger partial charge in [0.15, 0.2) is 0 Å². The van der Waals surface area contributed by atoms with Crippen molar-refractivity contribution in [3.63, 3.8) is 0 Å². The van der Waals surface area contributed by atoms with Crippen molar-refractivity contribution in [2.75, 3.05) is 12.3 Å². The number of ether oxygens (including phenoxy) is 1. The highest BCUT2D eigenvalue weighted by Crippen LogP contribution is 2.30. The predicted octanol–water partition coefficient (Wildman–Crippen LogP) is 3.40. The Morgan fingerprint density at radius 3 is 2.61 bits per heavy atom. The predicted molar refractivity (Wildman–Crippen MR) is 124 cm³/mol. The summed E-state index contributed by atoms with van der Waals surface area (Å²) >= 11 is 0. The first kappa shape index (κ1) is 22.1. The summed E-state index contributed by atoms with van der Waals surface area (Å²) in [6, 6.07) is 11.3. The zero-order valence-corrected chi connectivity index (χ0v) is 19.0. The maximum atomic E-state index is 13.1. The molecule has 3 aromatic rings. The van der Waals surface area contributed by atoms with Gasteiger partial charge in [0, 0.05) is 37.5 Å². The monoisotopic (exact) mass is 443 g/mol. The van der Waals surface area contributed by atoms with E-state index >= 15 is 0 Å². The van der Waals surface area contributed by atoms with Gasteiger partial charge in [-0.25, -0.2) is 19.7 Å². The topological polar surface area (TPSA) is 103 Å². The zero-order chi connectivity index (χ0) is 23.8. The van der Waals surface area contributed by atoms with E-state index in [1.807, 2.05) is 41.9 Å². The third kappa shape index (κ3) is 4.58. The first-order valence-electron chi connectivity index (χ1n) is 10.6. The fraction of sp³-hybridized carbons (Fsp3) is 0.280. The highest BCUT2D eigenvalue weighted by atomic mass is 16.6. The number of carbonyl (C=O) groups excluding carboxylic acids is 2. The molecule has 0 unspecified atom stereocenters. The van der Waals surface area contributed by atoms with Crippen molar-refractivity contribution in [2.24, 2.45) is 7.05 Å². The average molecular weight is 444 g/mol. The van der Waals surface area contributed by atoms with Crippen LogP contribution in [0.4, 0.5) is 10.7 Å². The van der Waals surface area contributed by atoms with E-state index < -0.39 is 17.6 Å². The minimum atomic E-state index is -0.690. The average Bonchev–Trinajstić information content (AvgIpc) is 3.10. The van der Waals surface area contributed by atoms with Crippen LogP contribution in [0.15, 0.2) is 42.6 Å².